The Labute approximate surface area is 190 Å². The van der Waals surface area contributed by atoms with Crippen LogP contribution in [0.15, 0.2) is 23.3 Å². The third kappa shape index (κ3) is 4.93. The molecule has 0 aromatic carbocycles. The molecule has 0 aliphatic carbocycles. The molecule has 2 rings (SSSR count). The number of rotatable bonds is 9. The minimum absolute atomic E-state index is 0.0223. The van der Waals surface area contributed by atoms with Gasteiger partial charge in [-0.1, -0.05) is 40.3 Å². The summed E-state index contributed by atoms with van der Waals surface area (Å²) in [6.45, 7) is 18.3. The number of nitrogens with zero attached hydrogens (tertiary/aromatic N) is 1. The SMILES string of the molecule is C=CCOC(=O)C1=C(SCC(=O)OC)C(C)C2C(C(C)O[Si](C)(C)C(C)(C)C)C(=O)N12. The van der Waals surface area contributed by atoms with Crippen LogP contribution in [-0.2, 0) is 28.3 Å². The zero-order valence-electron chi connectivity index (χ0n) is 19.8. The summed E-state index contributed by atoms with van der Waals surface area (Å²) in [4.78, 5) is 39.9. The first-order valence-electron chi connectivity index (χ1n) is 10.5. The summed E-state index contributed by atoms with van der Waals surface area (Å²) in [6.07, 6.45) is 1.21. The van der Waals surface area contributed by atoms with Gasteiger partial charge in [-0.2, -0.15) is 0 Å². The maximum absolute atomic E-state index is 13.2. The monoisotopic (exact) mass is 469 g/mol. The molecule has 0 N–H and O–H groups in total. The van der Waals surface area contributed by atoms with Crippen LogP contribution in [0.1, 0.15) is 34.6 Å². The smallest absolute Gasteiger partial charge is 0.356 e. The molecule has 4 unspecified atom stereocenters. The van der Waals surface area contributed by atoms with Gasteiger partial charge in [0, 0.05) is 10.8 Å². The van der Waals surface area contributed by atoms with E-state index in [9.17, 15) is 14.4 Å². The highest BCUT2D eigenvalue weighted by atomic mass is 32.2. The fourth-order valence-corrected chi connectivity index (χ4v) is 6.35. The Balaban J connectivity index is 2.29. The van der Waals surface area contributed by atoms with Gasteiger partial charge in [0.2, 0.25) is 5.91 Å². The highest BCUT2D eigenvalue weighted by molar-refractivity contribution is 8.03. The molecule has 0 saturated carbocycles. The largest absolute Gasteiger partial charge is 0.468 e. The molecule has 0 spiro atoms. The van der Waals surface area contributed by atoms with E-state index in [1.54, 1.807) is 0 Å². The first-order chi connectivity index (χ1) is 14.3. The second kappa shape index (κ2) is 9.50. The van der Waals surface area contributed by atoms with Crippen molar-refractivity contribution in [3.8, 4) is 0 Å². The van der Waals surface area contributed by atoms with E-state index in [0.717, 1.165) is 0 Å². The second-order valence-electron chi connectivity index (χ2n) is 9.56. The van der Waals surface area contributed by atoms with Crippen LogP contribution in [0.3, 0.4) is 0 Å². The zero-order valence-corrected chi connectivity index (χ0v) is 21.6. The van der Waals surface area contributed by atoms with Crippen molar-refractivity contribution in [2.24, 2.45) is 11.8 Å². The topological polar surface area (TPSA) is 82.1 Å². The summed E-state index contributed by atoms with van der Waals surface area (Å²) in [5, 5.41) is 0.0223. The van der Waals surface area contributed by atoms with E-state index in [-0.39, 0.29) is 53.0 Å². The Morgan fingerprint density at radius 2 is 1.94 bits per heavy atom. The molecule has 0 radical (unpaired) electrons. The number of hydrogen-bond donors (Lipinski definition) is 0. The number of ether oxygens (including phenoxy) is 2. The minimum Gasteiger partial charge on any atom is -0.468 e. The Bertz CT molecular complexity index is 787. The van der Waals surface area contributed by atoms with Crippen LogP contribution in [0.25, 0.3) is 0 Å². The third-order valence-electron chi connectivity index (χ3n) is 6.48. The summed E-state index contributed by atoms with van der Waals surface area (Å²) < 4.78 is 16.5. The van der Waals surface area contributed by atoms with E-state index >= 15 is 0 Å². The number of amides is 1. The maximum atomic E-state index is 13.2. The first-order valence-corrected chi connectivity index (χ1v) is 14.4. The lowest BCUT2D eigenvalue weighted by Crippen LogP contribution is -2.65. The highest BCUT2D eigenvalue weighted by Crippen LogP contribution is 2.52. The molecule has 2 aliphatic heterocycles. The molecule has 31 heavy (non-hydrogen) atoms. The van der Waals surface area contributed by atoms with Crippen molar-refractivity contribution < 1.29 is 28.3 Å². The lowest BCUT2D eigenvalue weighted by molar-refractivity contribution is -0.163. The molecule has 1 saturated heterocycles. The molecular weight excluding hydrogens is 434 g/mol. The predicted octanol–water partition coefficient (Wildman–Crippen LogP) is 3.72. The van der Waals surface area contributed by atoms with Crippen LogP contribution in [0.4, 0.5) is 0 Å². The van der Waals surface area contributed by atoms with E-state index < -0.39 is 20.3 Å². The van der Waals surface area contributed by atoms with Gasteiger partial charge in [-0.05, 0) is 25.1 Å². The number of fused-ring (bicyclic) bond motifs is 1. The van der Waals surface area contributed by atoms with Crippen molar-refractivity contribution in [3.63, 3.8) is 0 Å². The average Bonchev–Trinajstić information content (AvgIpc) is 2.91. The van der Waals surface area contributed by atoms with Gasteiger partial charge < -0.3 is 18.8 Å². The predicted molar refractivity (Wildman–Crippen MR) is 124 cm³/mol. The lowest BCUT2D eigenvalue weighted by atomic mass is 9.79. The van der Waals surface area contributed by atoms with Crippen molar-refractivity contribution in [2.45, 2.75) is 64.9 Å². The number of methoxy groups -OCH3 is 1. The van der Waals surface area contributed by atoms with E-state index in [0.29, 0.717) is 4.91 Å². The van der Waals surface area contributed by atoms with Crippen LogP contribution in [0, 0.1) is 11.8 Å². The number of β-lactam (4-membered cyclic amide) rings is 1. The van der Waals surface area contributed by atoms with Crippen LogP contribution in [0.5, 0.6) is 0 Å². The van der Waals surface area contributed by atoms with Gasteiger partial charge in [0.15, 0.2) is 8.32 Å². The standard InChI is InChI=1S/C22H35NO6SSi/c1-10-11-28-21(26)18-19(30-12-15(24)27-7)13(2)17-16(20(25)23(17)18)14(3)29-31(8,9)22(4,5)6/h10,13-14,16-17H,1,11-12H2,2-9H3. The van der Waals surface area contributed by atoms with Crippen LogP contribution >= 0.6 is 11.8 Å². The van der Waals surface area contributed by atoms with Gasteiger partial charge in [0.05, 0.1) is 30.9 Å². The summed E-state index contributed by atoms with van der Waals surface area (Å²) >= 11 is 1.23. The summed E-state index contributed by atoms with van der Waals surface area (Å²) in [5.41, 5.74) is 0.231. The van der Waals surface area contributed by atoms with Gasteiger partial charge in [-0.25, -0.2) is 4.79 Å². The van der Waals surface area contributed by atoms with Crippen LogP contribution in [0.2, 0.25) is 18.1 Å². The number of carbonyl (C=O) groups is 3. The molecule has 2 aliphatic rings. The summed E-state index contributed by atoms with van der Waals surface area (Å²) in [7, 11) is -0.750. The van der Waals surface area contributed by atoms with Crippen molar-refractivity contribution in [2.75, 3.05) is 19.5 Å². The van der Waals surface area contributed by atoms with E-state index in [4.69, 9.17) is 13.9 Å². The van der Waals surface area contributed by atoms with Crippen LogP contribution in [-0.4, -0.2) is 62.7 Å². The van der Waals surface area contributed by atoms with Gasteiger partial charge in [-0.15, -0.1) is 11.8 Å². The molecule has 174 valence electrons. The zero-order chi connectivity index (χ0) is 23.7. The Morgan fingerprint density at radius 3 is 2.45 bits per heavy atom. The number of carbonyl (C=O) groups excluding carboxylic acids is 3. The fourth-order valence-electron chi connectivity index (χ4n) is 3.81. The van der Waals surface area contributed by atoms with E-state index in [1.165, 1.54) is 29.8 Å². The maximum Gasteiger partial charge on any atom is 0.356 e. The quantitative estimate of drug-likeness (QED) is 0.220. The third-order valence-corrected chi connectivity index (χ3v) is 12.3. The Hall–Kier alpha value is -1.58. The molecule has 2 heterocycles. The van der Waals surface area contributed by atoms with Crippen molar-refractivity contribution >= 4 is 37.9 Å². The molecule has 1 amide bonds. The Morgan fingerprint density at radius 1 is 1.32 bits per heavy atom. The summed E-state index contributed by atoms with van der Waals surface area (Å²) in [5.74, 6) is -1.51. The first kappa shape index (κ1) is 25.7. The molecule has 0 aromatic rings. The molecule has 4 atom stereocenters. The minimum atomic E-state index is -2.07. The van der Waals surface area contributed by atoms with Crippen LogP contribution < -0.4 is 0 Å². The van der Waals surface area contributed by atoms with Crippen molar-refractivity contribution in [3.05, 3.63) is 23.3 Å². The molecule has 0 aromatic heterocycles. The molecule has 9 heteroatoms. The molecular formula is C22H35NO6SSi. The second-order valence-corrected chi connectivity index (χ2v) is 15.3. The summed E-state index contributed by atoms with van der Waals surface area (Å²) in [6, 6.07) is -0.196. The molecule has 0 bridgehead atoms. The number of hydrogen-bond acceptors (Lipinski definition) is 7. The molecule has 1 fully saturated rings. The van der Waals surface area contributed by atoms with Gasteiger partial charge in [0.1, 0.15) is 12.3 Å². The fraction of sp³-hybridized carbons (Fsp3) is 0.682. The normalized spacial score (nSPS) is 24.5. The van der Waals surface area contributed by atoms with Gasteiger partial charge in [-0.3, -0.25) is 9.59 Å². The van der Waals surface area contributed by atoms with E-state index in [1.807, 2.05) is 13.8 Å². The molecule has 7 nitrogen and oxygen atoms in total. The van der Waals surface area contributed by atoms with Crippen molar-refractivity contribution in [1.29, 1.82) is 0 Å². The van der Waals surface area contributed by atoms with Gasteiger partial charge in [0.25, 0.3) is 0 Å². The Kier molecular flexibility index (Phi) is 7.87. The van der Waals surface area contributed by atoms with E-state index in [2.05, 4.69) is 40.4 Å². The highest BCUT2D eigenvalue weighted by Gasteiger charge is 2.61. The van der Waals surface area contributed by atoms with Gasteiger partial charge >= 0.3 is 11.9 Å². The average molecular weight is 470 g/mol. The number of esters is 2. The number of thioether (sulfide) groups is 1. The lowest BCUT2D eigenvalue weighted by Gasteiger charge is -2.50. The van der Waals surface area contributed by atoms with Crippen molar-refractivity contribution in [1.82, 2.24) is 4.90 Å².